The zero-order valence-corrected chi connectivity index (χ0v) is 10.3. The Balaban J connectivity index is 2.71. The van der Waals surface area contributed by atoms with E-state index in [4.69, 9.17) is 5.11 Å². The topological polar surface area (TPSA) is 66.4 Å². The second-order valence-corrected chi connectivity index (χ2v) is 4.24. The van der Waals surface area contributed by atoms with E-state index in [2.05, 4.69) is 21.2 Å². The monoisotopic (exact) mass is 285 g/mol. The highest BCUT2D eigenvalue weighted by atomic mass is 79.9. The normalized spacial score (nSPS) is 11.9. The van der Waals surface area contributed by atoms with Crippen LogP contribution in [0.4, 0.5) is 0 Å². The summed E-state index contributed by atoms with van der Waals surface area (Å²) >= 11 is 3.26. The third-order valence-corrected chi connectivity index (χ3v) is 2.61. The molecule has 0 radical (unpaired) electrons. The Labute approximate surface area is 102 Å². The maximum Gasteiger partial charge on any atom is 0.251 e. The highest BCUT2D eigenvalue weighted by molar-refractivity contribution is 9.10. The molecule has 86 valence electrons. The molecule has 1 amide bonds. The van der Waals surface area contributed by atoms with Gasteiger partial charge in [-0.15, -0.1) is 0 Å². The molecule has 1 rings (SSSR count). The molecule has 0 heterocycles. The van der Waals surface area contributed by atoms with Crippen LogP contribution in [0.2, 0.25) is 0 Å². The van der Waals surface area contributed by atoms with Crippen LogP contribution in [-0.2, 0) is 4.79 Å². The van der Waals surface area contributed by atoms with Crippen molar-refractivity contribution >= 4 is 27.6 Å². The van der Waals surface area contributed by atoms with Gasteiger partial charge in [0.1, 0.15) is 6.04 Å². The molecule has 0 fully saturated rings. The van der Waals surface area contributed by atoms with Gasteiger partial charge in [0.2, 0.25) is 0 Å². The number of rotatable bonds is 4. The molecule has 5 heteroatoms. The summed E-state index contributed by atoms with van der Waals surface area (Å²) in [5.41, 5.74) is 0.447. The second-order valence-electron chi connectivity index (χ2n) is 3.33. The van der Waals surface area contributed by atoms with Crippen molar-refractivity contribution in [2.24, 2.45) is 0 Å². The summed E-state index contributed by atoms with van der Waals surface area (Å²) in [4.78, 5) is 22.7. The van der Waals surface area contributed by atoms with Crippen molar-refractivity contribution in [3.63, 3.8) is 0 Å². The number of benzene rings is 1. The van der Waals surface area contributed by atoms with E-state index in [0.717, 1.165) is 4.47 Å². The SMILES string of the molecule is CC(=O)[C@H](CO)NC(=O)c1ccc(Br)cc1. The third-order valence-electron chi connectivity index (χ3n) is 2.09. The third kappa shape index (κ3) is 3.43. The van der Waals surface area contributed by atoms with Gasteiger partial charge in [-0.2, -0.15) is 0 Å². The first-order chi connectivity index (χ1) is 7.54. The van der Waals surface area contributed by atoms with Crippen molar-refractivity contribution in [3.8, 4) is 0 Å². The lowest BCUT2D eigenvalue weighted by atomic mass is 10.1. The number of carbonyl (C=O) groups is 2. The Morgan fingerprint density at radius 1 is 1.38 bits per heavy atom. The van der Waals surface area contributed by atoms with Crippen molar-refractivity contribution in [3.05, 3.63) is 34.3 Å². The standard InChI is InChI=1S/C11H12BrNO3/c1-7(15)10(6-14)13-11(16)8-2-4-9(12)5-3-8/h2-5,10,14H,6H2,1H3,(H,13,16)/t10-/m0/s1. The minimum absolute atomic E-state index is 0.270. The smallest absolute Gasteiger partial charge is 0.251 e. The summed E-state index contributed by atoms with van der Waals surface area (Å²) in [7, 11) is 0. The quantitative estimate of drug-likeness (QED) is 0.872. The Morgan fingerprint density at radius 3 is 2.38 bits per heavy atom. The van der Waals surface area contributed by atoms with Crippen LogP contribution >= 0.6 is 15.9 Å². The summed E-state index contributed by atoms with van der Waals surface area (Å²) in [6.45, 7) is 0.931. The van der Waals surface area contributed by atoms with Gasteiger partial charge in [0.15, 0.2) is 5.78 Å². The maximum absolute atomic E-state index is 11.6. The lowest BCUT2D eigenvalue weighted by Gasteiger charge is -2.12. The fourth-order valence-electron chi connectivity index (χ4n) is 1.12. The first-order valence-corrected chi connectivity index (χ1v) is 5.51. The number of amides is 1. The van der Waals surface area contributed by atoms with Gasteiger partial charge in [-0.25, -0.2) is 0 Å². The van der Waals surface area contributed by atoms with E-state index in [1.165, 1.54) is 6.92 Å². The molecule has 16 heavy (non-hydrogen) atoms. The fourth-order valence-corrected chi connectivity index (χ4v) is 1.38. The van der Waals surface area contributed by atoms with Crippen LogP contribution in [0.5, 0.6) is 0 Å². The molecule has 0 unspecified atom stereocenters. The van der Waals surface area contributed by atoms with Gasteiger partial charge >= 0.3 is 0 Å². The summed E-state index contributed by atoms with van der Waals surface area (Å²) in [5.74, 6) is -0.644. The number of aliphatic hydroxyl groups is 1. The molecular formula is C11H12BrNO3. The van der Waals surface area contributed by atoms with Crippen molar-refractivity contribution < 1.29 is 14.7 Å². The minimum Gasteiger partial charge on any atom is -0.394 e. The van der Waals surface area contributed by atoms with Crippen LogP contribution in [0.1, 0.15) is 17.3 Å². The van der Waals surface area contributed by atoms with Crippen molar-refractivity contribution in [2.45, 2.75) is 13.0 Å². The van der Waals surface area contributed by atoms with Gasteiger partial charge in [-0.05, 0) is 31.2 Å². The van der Waals surface area contributed by atoms with Crippen molar-refractivity contribution in [2.75, 3.05) is 6.61 Å². The van der Waals surface area contributed by atoms with Gasteiger partial charge in [0.05, 0.1) is 6.61 Å². The van der Waals surface area contributed by atoms with Crippen molar-refractivity contribution in [1.82, 2.24) is 5.32 Å². The first kappa shape index (κ1) is 12.9. The highest BCUT2D eigenvalue weighted by Gasteiger charge is 2.16. The van der Waals surface area contributed by atoms with Gasteiger partial charge in [0.25, 0.3) is 5.91 Å². The van der Waals surface area contributed by atoms with E-state index >= 15 is 0 Å². The zero-order valence-electron chi connectivity index (χ0n) is 8.74. The average Bonchev–Trinajstić information content (AvgIpc) is 2.26. The van der Waals surface area contributed by atoms with Crippen LogP contribution in [0.3, 0.4) is 0 Å². The molecule has 4 nitrogen and oxygen atoms in total. The molecule has 0 saturated carbocycles. The Kier molecular flexibility index (Phi) is 4.64. The Bertz CT molecular complexity index is 389. The number of Topliss-reactive ketones (excluding diaryl/α,β-unsaturated/α-hetero) is 1. The van der Waals surface area contributed by atoms with Gasteiger partial charge in [0, 0.05) is 10.0 Å². The number of carbonyl (C=O) groups excluding carboxylic acids is 2. The van der Waals surface area contributed by atoms with Gasteiger partial charge in [-0.3, -0.25) is 9.59 Å². The van der Waals surface area contributed by atoms with Crippen LogP contribution in [-0.4, -0.2) is 29.4 Å². The molecule has 0 aromatic heterocycles. The van der Waals surface area contributed by atoms with E-state index in [9.17, 15) is 9.59 Å². The number of hydrogen-bond donors (Lipinski definition) is 2. The molecule has 1 atom stereocenters. The number of hydrogen-bond acceptors (Lipinski definition) is 3. The second kappa shape index (κ2) is 5.77. The van der Waals surface area contributed by atoms with Crippen LogP contribution in [0.15, 0.2) is 28.7 Å². The number of ketones is 1. The van der Waals surface area contributed by atoms with E-state index < -0.39 is 12.6 Å². The zero-order chi connectivity index (χ0) is 12.1. The molecule has 0 spiro atoms. The molecule has 0 aliphatic rings. The lowest BCUT2D eigenvalue weighted by Crippen LogP contribution is -2.42. The number of aliphatic hydroxyl groups excluding tert-OH is 1. The summed E-state index contributed by atoms with van der Waals surface area (Å²) < 4.78 is 0.870. The van der Waals surface area contributed by atoms with Gasteiger partial charge in [-0.1, -0.05) is 15.9 Å². The molecule has 0 aliphatic heterocycles. The van der Waals surface area contributed by atoms with Crippen LogP contribution in [0.25, 0.3) is 0 Å². The predicted octanol–water partition coefficient (Wildman–Crippen LogP) is 1.13. The summed E-state index contributed by atoms with van der Waals surface area (Å²) in [6.07, 6.45) is 0. The van der Waals surface area contributed by atoms with E-state index in [0.29, 0.717) is 5.56 Å². The minimum atomic E-state index is -0.837. The summed E-state index contributed by atoms with van der Waals surface area (Å²) in [6, 6.07) is 5.89. The Morgan fingerprint density at radius 2 is 1.94 bits per heavy atom. The highest BCUT2D eigenvalue weighted by Crippen LogP contribution is 2.10. The fraction of sp³-hybridized carbons (Fsp3) is 0.273. The number of halogens is 1. The van der Waals surface area contributed by atoms with E-state index in [1.807, 2.05) is 0 Å². The van der Waals surface area contributed by atoms with Gasteiger partial charge < -0.3 is 10.4 Å². The lowest BCUT2D eigenvalue weighted by molar-refractivity contribution is -0.119. The van der Waals surface area contributed by atoms with Crippen LogP contribution in [0, 0.1) is 0 Å². The van der Waals surface area contributed by atoms with Crippen molar-refractivity contribution in [1.29, 1.82) is 0 Å². The predicted molar refractivity (Wildman–Crippen MR) is 63.2 cm³/mol. The van der Waals surface area contributed by atoms with E-state index in [-0.39, 0.29) is 11.7 Å². The first-order valence-electron chi connectivity index (χ1n) is 4.72. The summed E-state index contributed by atoms with van der Waals surface area (Å²) in [5, 5.41) is 11.3. The van der Waals surface area contributed by atoms with Crippen LogP contribution < -0.4 is 5.32 Å². The molecule has 0 saturated heterocycles. The molecule has 0 aliphatic carbocycles. The molecule has 1 aromatic rings. The Hall–Kier alpha value is -1.20. The molecule has 2 N–H and O–H groups in total. The largest absolute Gasteiger partial charge is 0.394 e. The number of nitrogens with one attached hydrogen (secondary N) is 1. The maximum atomic E-state index is 11.6. The molecule has 1 aromatic carbocycles. The average molecular weight is 286 g/mol. The van der Waals surface area contributed by atoms with E-state index in [1.54, 1.807) is 24.3 Å². The molecule has 0 bridgehead atoms. The molecular weight excluding hydrogens is 274 g/mol.